The molecule has 4 heterocycles. The Bertz CT molecular complexity index is 1300. The van der Waals surface area contributed by atoms with Crippen LogP contribution in [-0.4, -0.2) is 9.97 Å². The van der Waals surface area contributed by atoms with Crippen LogP contribution in [0.25, 0.3) is 43.0 Å². The monoisotopic (exact) mass is 360 g/mol. The first-order chi connectivity index (χ1) is 12.7. The highest BCUT2D eigenvalue weighted by molar-refractivity contribution is 7.25. The quantitative estimate of drug-likeness (QED) is 0.441. The van der Waals surface area contributed by atoms with E-state index in [-0.39, 0.29) is 5.63 Å². The number of rotatable bonds is 2. The van der Waals surface area contributed by atoms with E-state index < -0.39 is 0 Å². The van der Waals surface area contributed by atoms with E-state index in [2.05, 4.69) is 4.98 Å². The maximum atomic E-state index is 12.3. The summed E-state index contributed by atoms with van der Waals surface area (Å²) in [6.07, 6.45) is 1.63. The van der Waals surface area contributed by atoms with Gasteiger partial charge in [0.25, 0.3) is 0 Å². The molecular weight excluding hydrogens is 348 g/mol. The number of pyridine rings is 1. The fraction of sp³-hybridized carbons (Fsp3) is 0.0500. The minimum Gasteiger partial charge on any atom is -0.464 e. The Morgan fingerprint density at radius 2 is 1.88 bits per heavy atom. The summed E-state index contributed by atoms with van der Waals surface area (Å²) >= 11 is 1.30. The highest BCUT2D eigenvalue weighted by Crippen LogP contribution is 2.39. The molecule has 0 atom stereocenters. The molecule has 0 aliphatic heterocycles. The van der Waals surface area contributed by atoms with Crippen LogP contribution in [-0.2, 0) is 0 Å². The predicted molar refractivity (Wildman–Crippen MR) is 101 cm³/mol. The first kappa shape index (κ1) is 15.0. The lowest BCUT2D eigenvalue weighted by molar-refractivity contribution is 0.468. The zero-order chi connectivity index (χ0) is 17.7. The smallest absolute Gasteiger partial charge is 0.357 e. The van der Waals surface area contributed by atoms with Crippen molar-refractivity contribution in [2.75, 3.05) is 0 Å². The van der Waals surface area contributed by atoms with Crippen molar-refractivity contribution in [3.05, 3.63) is 71.1 Å². The van der Waals surface area contributed by atoms with Crippen molar-refractivity contribution in [1.29, 1.82) is 0 Å². The van der Waals surface area contributed by atoms with Gasteiger partial charge < -0.3 is 8.83 Å². The number of fused-ring (bicyclic) bond motifs is 3. The van der Waals surface area contributed by atoms with Crippen LogP contribution in [0.1, 0.15) is 5.89 Å². The maximum absolute atomic E-state index is 12.3. The fourth-order valence-electron chi connectivity index (χ4n) is 3.07. The van der Waals surface area contributed by atoms with Crippen LogP contribution < -0.4 is 5.63 Å². The Morgan fingerprint density at radius 3 is 2.65 bits per heavy atom. The molecule has 1 aromatic carbocycles. The van der Waals surface area contributed by atoms with Crippen LogP contribution in [0.3, 0.4) is 0 Å². The number of hydrogen-bond donors (Lipinski definition) is 0. The Morgan fingerprint density at radius 1 is 1.04 bits per heavy atom. The summed E-state index contributed by atoms with van der Waals surface area (Å²) in [6.45, 7) is 1.67. The van der Waals surface area contributed by atoms with E-state index in [1.165, 1.54) is 11.3 Å². The molecule has 0 saturated carbocycles. The van der Waals surface area contributed by atoms with Gasteiger partial charge in [0.05, 0.1) is 12.0 Å². The van der Waals surface area contributed by atoms with Crippen molar-refractivity contribution in [3.8, 4) is 22.6 Å². The molecule has 6 heteroatoms. The van der Waals surface area contributed by atoms with E-state index in [1.54, 1.807) is 13.2 Å². The molecule has 26 heavy (non-hydrogen) atoms. The number of hydrogen-bond acceptors (Lipinski definition) is 6. The highest BCUT2D eigenvalue weighted by Gasteiger charge is 2.20. The highest BCUT2D eigenvalue weighted by atomic mass is 32.1. The van der Waals surface area contributed by atoms with Crippen LogP contribution in [0, 0.1) is 6.92 Å². The van der Waals surface area contributed by atoms with Gasteiger partial charge in [-0.1, -0.05) is 30.3 Å². The average molecular weight is 360 g/mol. The van der Waals surface area contributed by atoms with Crippen molar-refractivity contribution in [1.82, 2.24) is 9.97 Å². The summed E-state index contributed by atoms with van der Waals surface area (Å²) in [5.41, 5.74) is 2.90. The molecule has 0 aliphatic rings. The third-order valence-electron chi connectivity index (χ3n) is 4.19. The minimum absolute atomic E-state index is 0.333. The van der Waals surface area contributed by atoms with Crippen molar-refractivity contribution in [2.24, 2.45) is 0 Å². The van der Waals surface area contributed by atoms with Crippen LogP contribution in [0.4, 0.5) is 0 Å². The molecule has 5 rings (SSSR count). The lowest BCUT2D eigenvalue weighted by Crippen LogP contribution is -2.00. The summed E-state index contributed by atoms with van der Waals surface area (Å²) in [7, 11) is 0. The summed E-state index contributed by atoms with van der Waals surface area (Å²) in [5, 5.41) is 0.815. The van der Waals surface area contributed by atoms with Gasteiger partial charge >= 0.3 is 5.63 Å². The molecule has 0 radical (unpaired) electrons. The fourth-order valence-corrected chi connectivity index (χ4v) is 4.09. The van der Waals surface area contributed by atoms with E-state index in [0.717, 1.165) is 27.0 Å². The molecule has 0 bridgehead atoms. The summed E-state index contributed by atoms with van der Waals surface area (Å²) in [6, 6.07) is 15.6. The van der Waals surface area contributed by atoms with Crippen molar-refractivity contribution >= 4 is 31.8 Å². The van der Waals surface area contributed by atoms with Gasteiger partial charge in [0.1, 0.15) is 20.8 Å². The van der Waals surface area contributed by atoms with Crippen LogP contribution in [0.2, 0.25) is 0 Å². The molecule has 0 aliphatic carbocycles. The Balaban J connectivity index is 1.95. The summed E-state index contributed by atoms with van der Waals surface area (Å²) in [5.74, 6) is 1.04. The third kappa shape index (κ3) is 2.27. The van der Waals surface area contributed by atoms with E-state index >= 15 is 0 Å². The first-order valence-corrected chi connectivity index (χ1v) is 8.86. The number of aryl methyl sites for hydroxylation is 1. The second kappa shape index (κ2) is 5.64. The van der Waals surface area contributed by atoms with Crippen LogP contribution in [0.5, 0.6) is 0 Å². The zero-order valence-corrected chi connectivity index (χ0v) is 14.5. The first-order valence-electron chi connectivity index (χ1n) is 8.05. The molecule has 126 valence electrons. The summed E-state index contributed by atoms with van der Waals surface area (Å²) < 4.78 is 11.3. The molecule has 4 aromatic heterocycles. The van der Waals surface area contributed by atoms with Gasteiger partial charge in [-0.05, 0) is 18.2 Å². The predicted octanol–water partition coefficient (Wildman–Crippen LogP) is 5.03. The SMILES string of the molecule is Cc1nc2c(sc3nc(-c4ccccc4)cc(-c4ccco4)c32)c(=O)o1. The summed E-state index contributed by atoms with van der Waals surface area (Å²) in [4.78, 5) is 22.2. The Kier molecular flexibility index (Phi) is 3.26. The van der Waals surface area contributed by atoms with Gasteiger partial charge in [-0.25, -0.2) is 14.8 Å². The maximum Gasteiger partial charge on any atom is 0.357 e. The number of aromatic nitrogens is 2. The van der Waals surface area contributed by atoms with E-state index in [9.17, 15) is 4.79 Å². The zero-order valence-electron chi connectivity index (χ0n) is 13.7. The Hall–Kier alpha value is -3.25. The van der Waals surface area contributed by atoms with Gasteiger partial charge in [-0.3, -0.25) is 0 Å². The van der Waals surface area contributed by atoms with Gasteiger partial charge in [0, 0.05) is 23.4 Å². The number of furan rings is 1. The van der Waals surface area contributed by atoms with E-state index in [0.29, 0.717) is 21.9 Å². The van der Waals surface area contributed by atoms with Crippen molar-refractivity contribution in [2.45, 2.75) is 6.92 Å². The van der Waals surface area contributed by atoms with Crippen molar-refractivity contribution < 1.29 is 8.83 Å². The van der Waals surface area contributed by atoms with Crippen molar-refractivity contribution in [3.63, 3.8) is 0 Å². The van der Waals surface area contributed by atoms with Gasteiger partial charge in [-0.15, -0.1) is 11.3 Å². The van der Waals surface area contributed by atoms with E-state index in [4.69, 9.17) is 13.8 Å². The normalized spacial score (nSPS) is 11.4. The molecule has 5 aromatic rings. The molecule has 0 fully saturated rings. The molecule has 0 unspecified atom stereocenters. The largest absolute Gasteiger partial charge is 0.464 e. The topological polar surface area (TPSA) is 69.1 Å². The number of benzene rings is 1. The number of nitrogens with zero attached hydrogens (tertiary/aromatic N) is 2. The molecular formula is C20H12N2O3S. The Labute approximate surface area is 151 Å². The second-order valence-corrected chi connectivity index (χ2v) is 6.88. The molecule has 0 N–H and O–H groups in total. The molecule has 0 spiro atoms. The lowest BCUT2D eigenvalue weighted by Gasteiger charge is -2.06. The van der Waals surface area contributed by atoms with Crippen LogP contribution >= 0.6 is 11.3 Å². The average Bonchev–Trinajstić information content (AvgIpc) is 3.30. The van der Waals surface area contributed by atoms with Crippen LogP contribution in [0.15, 0.2) is 68.4 Å². The second-order valence-electron chi connectivity index (χ2n) is 5.88. The van der Waals surface area contributed by atoms with Gasteiger partial charge in [-0.2, -0.15) is 0 Å². The molecule has 5 nitrogen and oxygen atoms in total. The third-order valence-corrected chi connectivity index (χ3v) is 5.24. The van der Waals surface area contributed by atoms with E-state index in [1.807, 2.05) is 48.5 Å². The standard InChI is InChI=1S/C20H12N2O3S/c1-11-21-17-16-13(15-8-5-9-24-15)10-14(12-6-3-2-4-7-12)22-19(16)26-18(17)20(23)25-11/h2-10H,1H3. The lowest BCUT2D eigenvalue weighted by atomic mass is 10.0. The van der Waals surface area contributed by atoms with Gasteiger partial charge in [0.15, 0.2) is 5.89 Å². The number of thiophene rings is 1. The van der Waals surface area contributed by atoms with Gasteiger partial charge in [0.2, 0.25) is 0 Å². The minimum atomic E-state index is -0.387. The molecule has 0 saturated heterocycles. The molecule has 0 amide bonds.